The first kappa shape index (κ1) is 10.2. The first-order valence-electron chi connectivity index (χ1n) is 3.94. The third-order valence-corrected chi connectivity index (χ3v) is 2.91. The number of esters is 1. The second kappa shape index (κ2) is 4.39. The summed E-state index contributed by atoms with van der Waals surface area (Å²) in [6.45, 7) is 1.91. The summed E-state index contributed by atoms with van der Waals surface area (Å²) in [5.41, 5.74) is 1.02. The maximum atomic E-state index is 10.9. The molecule has 1 aromatic rings. The molecule has 0 aromatic carbocycles. The van der Waals surface area contributed by atoms with Crippen molar-refractivity contribution in [3.05, 3.63) is 21.9 Å². The van der Waals surface area contributed by atoms with Gasteiger partial charge in [0.25, 0.3) is 0 Å². The van der Waals surface area contributed by atoms with Crippen LogP contribution < -0.4 is 0 Å². The minimum atomic E-state index is -0.729. The molecule has 0 aliphatic heterocycles. The van der Waals surface area contributed by atoms with Crippen molar-refractivity contribution in [2.24, 2.45) is 0 Å². The van der Waals surface area contributed by atoms with Gasteiger partial charge in [0.1, 0.15) is 0 Å². The van der Waals surface area contributed by atoms with Crippen LogP contribution in [0.1, 0.15) is 23.0 Å². The standard InChI is InChI=1S/C9H12O3S/c1-6-3-4-13-9(6)7(10)5-8(11)12-2/h3-4,7,10H,5H2,1-2H3. The summed E-state index contributed by atoms with van der Waals surface area (Å²) in [6.07, 6.45) is -0.704. The van der Waals surface area contributed by atoms with Gasteiger partial charge in [0, 0.05) is 4.88 Å². The highest BCUT2D eigenvalue weighted by Crippen LogP contribution is 2.26. The highest BCUT2D eigenvalue weighted by molar-refractivity contribution is 7.10. The number of carbonyl (C=O) groups is 1. The summed E-state index contributed by atoms with van der Waals surface area (Å²) in [5, 5.41) is 11.5. The normalized spacial score (nSPS) is 12.5. The number of ether oxygens (including phenoxy) is 1. The number of methoxy groups -OCH3 is 1. The van der Waals surface area contributed by atoms with E-state index >= 15 is 0 Å². The lowest BCUT2D eigenvalue weighted by Crippen LogP contribution is -2.07. The van der Waals surface area contributed by atoms with Crippen molar-refractivity contribution in [3.8, 4) is 0 Å². The van der Waals surface area contributed by atoms with Gasteiger partial charge < -0.3 is 9.84 Å². The third kappa shape index (κ3) is 2.54. The Bertz CT molecular complexity index is 293. The topological polar surface area (TPSA) is 46.5 Å². The molecule has 1 unspecified atom stereocenters. The molecule has 0 radical (unpaired) electrons. The average molecular weight is 200 g/mol. The Labute approximate surface area is 81.0 Å². The Morgan fingerprint density at radius 2 is 2.46 bits per heavy atom. The van der Waals surface area contributed by atoms with E-state index in [0.29, 0.717) is 0 Å². The number of carbonyl (C=O) groups excluding carboxylic acids is 1. The molecule has 1 heterocycles. The number of aryl methyl sites for hydroxylation is 1. The van der Waals surface area contributed by atoms with Gasteiger partial charge in [0.15, 0.2) is 0 Å². The molecule has 0 saturated carbocycles. The first-order chi connectivity index (χ1) is 6.15. The molecule has 4 heteroatoms. The van der Waals surface area contributed by atoms with Gasteiger partial charge in [-0.15, -0.1) is 11.3 Å². The zero-order valence-corrected chi connectivity index (χ0v) is 8.43. The van der Waals surface area contributed by atoms with Crippen molar-refractivity contribution >= 4 is 17.3 Å². The van der Waals surface area contributed by atoms with Crippen LogP contribution in [0.4, 0.5) is 0 Å². The molecule has 0 spiro atoms. The van der Waals surface area contributed by atoms with Crippen molar-refractivity contribution < 1.29 is 14.6 Å². The van der Waals surface area contributed by atoms with E-state index in [9.17, 15) is 9.90 Å². The fourth-order valence-corrected chi connectivity index (χ4v) is 1.97. The van der Waals surface area contributed by atoms with Crippen LogP contribution in [-0.4, -0.2) is 18.2 Å². The zero-order valence-electron chi connectivity index (χ0n) is 7.61. The SMILES string of the molecule is COC(=O)CC(O)c1sccc1C. The molecule has 0 bridgehead atoms. The number of hydrogen-bond donors (Lipinski definition) is 1. The van der Waals surface area contributed by atoms with E-state index in [0.717, 1.165) is 10.4 Å². The van der Waals surface area contributed by atoms with Crippen molar-refractivity contribution in [1.82, 2.24) is 0 Å². The molecule has 0 saturated heterocycles. The van der Waals surface area contributed by atoms with Crippen molar-refractivity contribution in [2.75, 3.05) is 7.11 Å². The first-order valence-corrected chi connectivity index (χ1v) is 4.82. The molecule has 0 fully saturated rings. The second-order valence-corrected chi connectivity index (χ2v) is 3.71. The van der Waals surface area contributed by atoms with Crippen LogP contribution in [-0.2, 0) is 9.53 Å². The quantitative estimate of drug-likeness (QED) is 0.755. The van der Waals surface area contributed by atoms with E-state index in [1.54, 1.807) is 0 Å². The zero-order chi connectivity index (χ0) is 9.84. The van der Waals surface area contributed by atoms with Crippen LogP contribution in [0, 0.1) is 6.92 Å². The summed E-state index contributed by atoms with van der Waals surface area (Å²) in [5.74, 6) is -0.389. The van der Waals surface area contributed by atoms with E-state index in [4.69, 9.17) is 0 Å². The minimum absolute atomic E-state index is 0.0256. The van der Waals surface area contributed by atoms with Crippen LogP contribution in [0.2, 0.25) is 0 Å². The molecule has 0 amide bonds. The molecule has 1 N–H and O–H groups in total. The molecule has 1 aromatic heterocycles. The smallest absolute Gasteiger partial charge is 0.308 e. The van der Waals surface area contributed by atoms with Crippen LogP contribution in [0.25, 0.3) is 0 Å². The second-order valence-electron chi connectivity index (χ2n) is 2.76. The Morgan fingerprint density at radius 3 is 2.92 bits per heavy atom. The van der Waals surface area contributed by atoms with Crippen LogP contribution in [0.3, 0.4) is 0 Å². The van der Waals surface area contributed by atoms with Gasteiger partial charge in [-0.1, -0.05) is 0 Å². The van der Waals surface area contributed by atoms with E-state index in [2.05, 4.69) is 4.74 Å². The molecule has 1 rings (SSSR count). The molecule has 0 aliphatic carbocycles. The van der Waals surface area contributed by atoms with E-state index < -0.39 is 6.10 Å². The summed E-state index contributed by atoms with van der Waals surface area (Å²) in [4.78, 5) is 11.7. The molecular weight excluding hydrogens is 188 g/mol. The molecule has 0 aliphatic rings. The molecule has 72 valence electrons. The van der Waals surface area contributed by atoms with Gasteiger partial charge in [-0.3, -0.25) is 4.79 Å². The highest BCUT2D eigenvalue weighted by Gasteiger charge is 2.15. The molecule has 1 atom stereocenters. The van der Waals surface area contributed by atoms with Crippen molar-refractivity contribution in [2.45, 2.75) is 19.4 Å². The van der Waals surface area contributed by atoms with E-state index in [1.807, 2.05) is 18.4 Å². The minimum Gasteiger partial charge on any atom is -0.469 e. The van der Waals surface area contributed by atoms with Gasteiger partial charge in [-0.2, -0.15) is 0 Å². The lowest BCUT2D eigenvalue weighted by Gasteiger charge is -2.07. The highest BCUT2D eigenvalue weighted by atomic mass is 32.1. The van der Waals surface area contributed by atoms with Crippen LogP contribution in [0.5, 0.6) is 0 Å². The molecule has 13 heavy (non-hydrogen) atoms. The maximum Gasteiger partial charge on any atom is 0.308 e. The van der Waals surface area contributed by atoms with Crippen LogP contribution in [0.15, 0.2) is 11.4 Å². The Morgan fingerprint density at radius 1 is 1.77 bits per heavy atom. The predicted octanol–water partition coefficient (Wildman–Crippen LogP) is 1.65. The van der Waals surface area contributed by atoms with Crippen molar-refractivity contribution in [3.63, 3.8) is 0 Å². The maximum absolute atomic E-state index is 10.9. The summed E-state index contributed by atoms with van der Waals surface area (Å²) in [7, 11) is 1.32. The fourth-order valence-electron chi connectivity index (χ4n) is 1.06. The summed E-state index contributed by atoms with van der Waals surface area (Å²) in [6, 6.07) is 1.92. The average Bonchev–Trinajstić information content (AvgIpc) is 2.51. The predicted molar refractivity (Wildman–Crippen MR) is 50.6 cm³/mol. The largest absolute Gasteiger partial charge is 0.469 e. The Kier molecular flexibility index (Phi) is 3.45. The monoisotopic (exact) mass is 200 g/mol. The Balaban J connectivity index is 2.63. The van der Waals surface area contributed by atoms with Gasteiger partial charge in [0.05, 0.1) is 19.6 Å². The van der Waals surface area contributed by atoms with E-state index in [1.165, 1.54) is 18.4 Å². The number of hydrogen-bond acceptors (Lipinski definition) is 4. The third-order valence-electron chi connectivity index (χ3n) is 1.79. The number of thiophene rings is 1. The number of rotatable bonds is 3. The summed E-state index contributed by atoms with van der Waals surface area (Å²) < 4.78 is 4.46. The van der Waals surface area contributed by atoms with Gasteiger partial charge in [0.2, 0.25) is 0 Å². The fraction of sp³-hybridized carbons (Fsp3) is 0.444. The molecular formula is C9H12O3S. The number of aliphatic hydroxyl groups excluding tert-OH is 1. The van der Waals surface area contributed by atoms with Gasteiger partial charge >= 0.3 is 5.97 Å². The summed E-state index contributed by atoms with van der Waals surface area (Å²) >= 11 is 1.45. The lowest BCUT2D eigenvalue weighted by atomic mass is 10.1. The Hall–Kier alpha value is -0.870. The van der Waals surface area contributed by atoms with E-state index in [-0.39, 0.29) is 12.4 Å². The van der Waals surface area contributed by atoms with Crippen LogP contribution >= 0.6 is 11.3 Å². The van der Waals surface area contributed by atoms with Gasteiger partial charge in [-0.05, 0) is 23.9 Å². The van der Waals surface area contributed by atoms with Crippen molar-refractivity contribution in [1.29, 1.82) is 0 Å². The lowest BCUT2D eigenvalue weighted by molar-refractivity contribution is -0.142. The molecule has 3 nitrogen and oxygen atoms in total. The number of aliphatic hydroxyl groups is 1. The van der Waals surface area contributed by atoms with Gasteiger partial charge in [-0.25, -0.2) is 0 Å².